The summed E-state index contributed by atoms with van der Waals surface area (Å²) >= 11 is -2.39. The molecule has 0 aromatic heterocycles. The van der Waals surface area contributed by atoms with E-state index in [-0.39, 0.29) is 11.9 Å². The van der Waals surface area contributed by atoms with Crippen molar-refractivity contribution >= 4 is 30.3 Å². The summed E-state index contributed by atoms with van der Waals surface area (Å²) in [6.07, 6.45) is 12.2. The van der Waals surface area contributed by atoms with Crippen molar-refractivity contribution in [3.8, 4) is 0 Å². The second-order valence-corrected chi connectivity index (χ2v) is 20.6. The Labute approximate surface area is 171 Å². The summed E-state index contributed by atoms with van der Waals surface area (Å²) in [6, 6.07) is 0. The number of unbranched alkanes of at least 4 members (excludes halogenated alkanes) is 5. The molecule has 0 bridgehead atoms. The van der Waals surface area contributed by atoms with Crippen LogP contribution >= 0.6 is 0 Å². The molecule has 158 valence electrons. The first-order chi connectivity index (χ1) is 13.0. The molecule has 0 saturated carbocycles. The first-order valence-electron chi connectivity index (χ1n) is 11.0. The SMILES string of the molecule is CCC[CH2][Sn](/[CH]=C/C(=O)OCCCCCC(=O)OC)([CH2]CCC)[CH2]CCC. The summed E-state index contributed by atoms with van der Waals surface area (Å²) in [6.45, 7) is 7.21. The van der Waals surface area contributed by atoms with Crippen LogP contribution in [0.3, 0.4) is 0 Å². The fourth-order valence-electron chi connectivity index (χ4n) is 3.33. The van der Waals surface area contributed by atoms with E-state index in [0.717, 1.165) is 19.3 Å². The fourth-order valence-corrected chi connectivity index (χ4v) is 17.3. The van der Waals surface area contributed by atoms with E-state index in [2.05, 4.69) is 29.6 Å². The molecule has 0 aliphatic heterocycles. The Morgan fingerprint density at radius 1 is 0.815 bits per heavy atom. The van der Waals surface area contributed by atoms with Gasteiger partial charge in [-0.3, -0.25) is 0 Å². The van der Waals surface area contributed by atoms with Gasteiger partial charge in [-0.1, -0.05) is 0 Å². The van der Waals surface area contributed by atoms with Crippen LogP contribution in [0.15, 0.2) is 10.2 Å². The Morgan fingerprint density at radius 3 is 1.85 bits per heavy atom. The molecule has 0 radical (unpaired) electrons. The van der Waals surface area contributed by atoms with Crippen molar-refractivity contribution < 1.29 is 19.1 Å². The minimum absolute atomic E-state index is 0.176. The average Bonchev–Trinajstić information content (AvgIpc) is 2.69. The standard InChI is InChI=1S/C10H15O4.3C4H9.Sn/c1-3-9(11)14-8-6-4-5-7-10(12)13-2;3*1-3-4-2;/h1,3H,4-8H2,2H3;3*1,3-4H2,2H3;. The van der Waals surface area contributed by atoms with Crippen LogP contribution in [0.1, 0.15) is 85.0 Å². The quantitative estimate of drug-likeness (QED) is 0.106. The van der Waals surface area contributed by atoms with Crippen molar-refractivity contribution in [3.05, 3.63) is 10.2 Å². The Kier molecular flexibility index (Phi) is 17.2. The third-order valence-electron chi connectivity index (χ3n) is 5.15. The van der Waals surface area contributed by atoms with E-state index < -0.39 is 18.4 Å². The fraction of sp³-hybridized carbons (Fsp3) is 0.818. The Hall–Kier alpha value is -0.521. The number of carbonyl (C=O) groups is 2. The van der Waals surface area contributed by atoms with Crippen LogP contribution < -0.4 is 0 Å². The molecule has 5 heteroatoms. The molecule has 27 heavy (non-hydrogen) atoms. The van der Waals surface area contributed by atoms with Gasteiger partial charge in [0.1, 0.15) is 0 Å². The van der Waals surface area contributed by atoms with Crippen molar-refractivity contribution in [3.63, 3.8) is 0 Å². The van der Waals surface area contributed by atoms with E-state index in [1.807, 2.05) is 0 Å². The zero-order valence-electron chi connectivity index (χ0n) is 18.2. The predicted octanol–water partition coefficient (Wildman–Crippen LogP) is 6.21. The molecule has 0 N–H and O–H groups in total. The molecule has 0 aromatic carbocycles. The monoisotopic (exact) mass is 490 g/mol. The zero-order chi connectivity index (χ0) is 20.4. The molecule has 0 aliphatic rings. The van der Waals surface area contributed by atoms with Crippen molar-refractivity contribution in [1.29, 1.82) is 0 Å². The molecule has 0 atom stereocenters. The summed E-state index contributed by atoms with van der Waals surface area (Å²) in [5, 5.41) is 0. The van der Waals surface area contributed by atoms with Gasteiger partial charge in [0, 0.05) is 0 Å². The molecule has 0 saturated heterocycles. The molecule has 0 rings (SSSR count). The van der Waals surface area contributed by atoms with Gasteiger partial charge in [-0.15, -0.1) is 0 Å². The molecule has 4 nitrogen and oxygen atoms in total. The second-order valence-electron chi connectivity index (χ2n) is 7.56. The van der Waals surface area contributed by atoms with Gasteiger partial charge in [0.05, 0.1) is 0 Å². The number of esters is 2. The summed E-state index contributed by atoms with van der Waals surface area (Å²) < 4.78 is 16.4. The normalized spacial score (nSPS) is 11.7. The average molecular weight is 489 g/mol. The van der Waals surface area contributed by atoms with Crippen LogP contribution in [0.5, 0.6) is 0 Å². The van der Waals surface area contributed by atoms with E-state index in [9.17, 15) is 9.59 Å². The van der Waals surface area contributed by atoms with Gasteiger partial charge in [-0.05, 0) is 0 Å². The Morgan fingerprint density at radius 2 is 1.37 bits per heavy atom. The molecular weight excluding hydrogens is 447 g/mol. The van der Waals surface area contributed by atoms with Crippen molar-refractivity contribution in [2.45, 2.75) is 98.3 Å². The first kappa shape index (κ1) is 26.5. The number of ether oxygens (including phenoxy) is 2. The second kappa shape index (κ2) is 17.6. The summed E-state index contributed by atoms with van der Waals surface area (Å²) in [5.74, 6) is -0.362. The van der Waals surface area contributed by atoms with Gasteiger partial charge >= 0.3 is 172 Å². The Balaban J connectivity index is 4.48. The third kappa shape index (κ3) is 14.2. The van der Waals surface area contributed by atoms with E-state index in [0.29, 0.717) is 13.0 Å². The van der Waals surface area contributed by atoms with Crippen LogP contribution in [-0.4, -0.2) is 44.0 Å². The minimum atomic E-state index is -2.39. The van der Waals surface area contributed by atoms with Gasteiger partial charge in [0.2, 0.25) is 0 Å². The van der Waals surface area contributed by atoms with Gasteiger partial charge in [0.15, 0.2) is 0 Å². The number of carbonyl (C=O) groups excluding carboxylic acids is 2. The number of rotatable bonds is 17. The van der Waals surface area contributed by atoms with Crippen LogP contribution in [0.2, 0.25) is 13.3 Å². The van der Waals surface area contributed by atoms with Crippen molar-refractivity contribution in [1.82, 2.24) is 0 Å². The molecule has 0 fully saturated rings. The van der Waals surface area contributed by atoms with E-state index in [1.165, 1.54) is 58.9 Å². The van der Waals surface area contributed by atoms with E-state index >= 15 is 0 Å². The summed E-state index contributed by atoms with van der Waals surface area (Å²) in [7, 11) is 1.41. The molecule has 0 aliphatic carbocycles. The Bertz CT molecular complexity index is 399. The van der Waals surface area contributed by atoms with Gasteiger partial charge in [0.25, 0.3) is 0 Å². The van der Waals surface area contributed by atoms with Gasteiger partial charge in [-0.25, -0.2) is 0 Å². The molecule has 0 unspecified atom stereocenters. The van der Waals surface area contributed by atoms with Crippen LogP contribution in [-0.2, 0) is 19.1 Å². The van der Waals surface area contributed by atoms with Crippen LogP contribution in [0, 0.1) is 0 Å². The van der Waals surface area contributed by atoms with E-state index in [1.54, 1.807) is 6.08 Å². The topological polar surface area (TPSA) is 52.6 Å². The molecular formula is C22H42O4Sn. The third-order valence-corrected chi connectivity index (χ3v) is 19.2. The number of methoxy groups -OCH3 is 1. The summed E-state index contributed by atoms with van der Waals surface area (Å²) in [4.78, 5) is 23.2. The summed E-state index contributed by atoms with van der Waals surface area (Å²) in [5.41, 5.74) is 0. The zero-order valence-corrected chi connectivity index (χ0v) is 21.0. The van der Waals surface area contributed by atoms with Crippen LogP contribution in [0.25, 0.3) is 0 Å². The van der Waals surface area contributed by atoms with Crippen molar-refractivity contribution in [2.75, 3.05) is 13.7 Å². The first-order valence-corrected chi connectivity index (χ1v) is 18.7. The maximum atomic E-state index is 12.1. The number of hydrogen-bond donors (Lipinski definition) is 0. The van der Waals surface area contributed by atoms with E-state index in [4.69, 9.17) is 4.74 Å². The molecule has 0 spiro atoms. The van der Waals surface area contributed by atoms with Crippen molar-refractivity contribution in [2.24, 2.45) is 0 Å². The molecule has 0 amide bonds. The van der Waals surface area contributed by atoms with Gasteiger partial charge in [-0.2, -0.15) is 0 Å². The predicted molar refractivity (Wildman–Crippen MR) is 115 cm³/mol. The van der Waals surface area contributed by atoms with Crippen LogP contribution in [0.4, 0.5) is 0 Å². The molecule has 0 aromatic rings. The number of hydrogen-bond acceptors (Lipinski definition) is 4. The molecule has 0 heterocycles. The van der Waals surface area contributed by atoms with Gasteiger partial charge < -0.3 is 0 Å². The maximum absolute atomic E-state index is 12.1.